The molecule has 1 aromatic carbocycles. The van der Waals surface area contributed by atoms with E-state index in [0.29, 0.717) is 22.1 Å². The van der Waals surface area contributed by atoms with E-state index in [1.54, 1.807) is 25.1 Å². The molecule has 0 fully saturated rings. The highest BCUT2D eigenvalue weighted by Gasteiger charge is 2.15. The zero-order chi connectivity index (χ0) is 13.1. The second-order valence-corrected chi connectivity index (χ2v) is 3.87. The van der Waals surface area contributed by atoms with Crippen molar-refractivity contribution in [2.24, 2.45) is 0 Å². The number of esters is 1. The Morgan fingerprint density at radius 1 is 1.56 bits per heavy atom. The van der Waals surface area contributed by atoms with Gasteiger partial charge in [0.25, 0.3) is 0 Å². The molecule has 0 aliphatic heterocycles. The molecule has 94 valence electrons. The van der Waals surface area contributed by atoms with Crippen LogP contribution in [-0.4, -0.2) is 27.8 Å². The van der Waals surface area contributed by atoms with E-state index < -0.39 is 5.97 Å². The second kappa shape index (κ2) is 5.05. The quantitative estimate of drug-likeness (QED) is 0.653. The molecule has 0 radical (unpaired) electrons. The van der Waals surface area contributed by atoms with Crippen LogP contribution in [-0.2, 0) is 4.74 Å². The zero-order valence-corrected chi connectivity index (χ0v) is 10.4. The molecule has 18 heavy (non-hydrogen) atoms. The van der Waals surface area contributed by atoms with Crippen molar-refractivity contribution in [3.05, 3.63) is 29.0 Å². The fourth-order valence-electron chi connectivity index (χ4n) is 1.39. The first-order valence-corrected chi connectivity index (χ1v) is 5.64. The lowest BCUT2D eigenvalue weighted by Crippen LogP contribution is -2.06. The lowest BCUT2D eigenvalue weighted by molar-refractivity contribution is 0.0512. The van der Waals surface area contributed by atoms with Crippen LogP contribution in [0.3, 0.4) is 0 Å². The molecule has 0 atom stereocenters. The minimum Gasteiger partial charge on any atom is -0.460 e. The molecule has 0 bridgehead atoms. The van der Waals surface area contributed by atoms with Crippen LogP contribution in [0.4, 0.5) is 5.69 Å². The van der Waals surface area contributed by atoms with Crippen LogP contribution in [0, 0.1) is 0 Å². The Bertz CT molecular complexity index is 582. The average molecular weight is 267 g/mol. The highest BCUT2D eigenvalue weighted by Crippen LogP contribution is 2.27. The molecule has 2 rings (SSSR count). The Morgan fingerprint density at radius 2 is 2.33 bits per heavy atom. The van der Waals surface area contributed by atoms with Gasteiger partial charge in [0.15, 0.2) is 5.82 Å². The first kappa shape index (κ1) is 12.4. The molecule has 0 aliphatic carbocycles. The summed E-state index contributed by atoms with van der Waals surface area (Å²) in [5, 5.41) is 6.87. The van der Waals surface area contributed by atoms with Gasteiger partial charge in [0.05, 0.1) is 11.6 Å². The van der Waals surface area contributed by atoms with Gasteiger partial charge in [0.1, 0.15) is 0 Å². The number of anilines is 1. The summed E-state index contributed by atoms with van der Waals surface area (Å²) < 4.78 is 4.80. The van der Waals surface area contributed by atoms with Crippen LogP contribution in [0.5, 0.6) is 0 Å². The first-order chi connectivity index (χ1) is 8.61. The summed E-state index contributed by atoms with van der Waals surface area (Å²) in [7, 11) is 0. The SMILES string of the molecule is CCOC(=O)c1nc(-c2cc(N)ccc2Cl)n[nH]1. The number of carbonyl (C=O) groups is 1. The molecule has 1 aromatic heterocycles. The molecular weight excluding hydrogens is 256 g/mol. The number of halogens is 1. The van der Waals surface area contributed by atoms with Gasteiger partial charge in [-0.2, -0.15) is 5.10 Å². The van der Waals surface area contributed by atoms with Crippen molar-refractivity contribution in [3.8, 4) is 11.4 Å². The standard InChI is InChI=1S/C11H11ClN4O2/c1-2-18-11(17)10-14-9(15-16-10)7-5-6(13)3-4-8(7)12/h3-5H,2,13H2,1H3,(H,14,15,16). The summed E-state index contributed by atoms with van der Waals surface area (Å²) in [4.78, 5) is 15.4. The zero-order valence-electron chi connectivity index (χ0n) is 9.61. The number of rotatable bonds is 3. The molecule has 2 aromatic rings. The Morgan fingerprint density at radius 3 is 3.06 bits per heavy atom. The second-order valence-electron chi connectivity index (χ2n) is 3.47. The number of aromatic nitrogens is 3. The van der Waals surface area contributed by atoms with E-state index >= 15 is 0 Å². The summed E-state index contributed by atoms with van der Waals surface area (Å²) in [6.45, 7) is 1.98. The van der Waals surface area contributed by atoms with Crippen LogP contribution in [0.2, 0.25) is 5.02 Å². The van der Waals surface area contributed by atoms with E-state index in [1.807, 2.05) is 0 Å². The van der Waals surface area contributed by atoms with E-state index in [0.717, 1.165) is 0 Å². The van der Waals surface area contributed by atoms with Crippen LogP contribution in [0.1, 0.15) is 17.5 Å². The lowest BCUT2D eigenvalue weighted by Gasteiger charge is -2.00. The van der Waals surface area contributed by atoms with Crippen molar-refractivity contribution >= 4 is 23.3 Å². The minimum atomic E-state index is -0.559. The molecular formula is C11H11ClN4O2. The smallest absolute Gasteiger partial charge is 0.375 e. The van der Waals surface area contributed by atoms with E-state index in [1.165, 1.54) is 0 Å². The average Bonchev–Trinajstić information content (AvgIpc) is 2.82. The molecule has 0 amide bonds. The summed E-state index contributed by atoms with van der Waals surface area (Å²) >= 11 is 6.02. The number of carbonyl (C=O) groups excluding carboxylic acids is 1. The van der Waals surface area contributed by atoms with Gasteiger partial charge in [-0.25, -0.2) is 9.78 Å². The molecule has 0 saturated heterocycles. The number of nitrogen functional groups attached to an aromatic ring is 1. The normalized spacial score (nSPS) is 10.3. The van der Waals surface area contributed by atoms with Gasteiger partial charge in [-0.3, -0.25) is 5.10 Å². The van der Waals surface area contributed by atoms with Crippen molar-refractivity contribution in [3.63, 3.8) is 0 Å². The largest absolute Gasteiger partial charge is 0.460 e. The van der Waals surface area contributed by atoms with Crippen molar-refractivity contribution in [1.82, 2.24) is 15.2 Å². The third-order valence-electron chi connectivity index (χ3n) is 2.19. The number of aromatic amines is 1. The number of ether oxygens (including phenoxy) is 1. The Hall–Kier alpha value is -2.08. The third-order valence-corrected chi connectivity index (χ3v) is 2.52. The minimum absolute atomic E-state index is 0.0327. The monoisotopic (exact) mass is 266 g/mol. The molecule has 0 aliphatic rings. The number of nitrogens with zero attached hydrogens (tertiary/aromatic N) is 2. The molecule has 0 spiro atoms. The molecule has 0 unspecified atom stereocenters. The third kappa shape index (κ3) is 2.43. The van der Waals surface area contributed by atoms with Crippen molar-refractivity contribution in [2.75, 3.05) is 12.3 Å². The Kier molecular flexibility index (Phi) is 3.47. The highest BCUT2D eigenvalue weighted by atomic mass is 35.5. The fourth-order valence-corrected chi connectivity index (χ4v) is 1.59. The highest BCUT2D eigenvalue weighted by molar-refractivity contribution is 6.33. The van der Waals surface area contributed by atoms with Gasteiger partial charge in [-0.1, -0.05) is 11.6 Å². The van der Waals surface area contributed by atoms with Gasteiger partial charge in [0.2, 0.25) is 5.82 Å². The van der Waals surface area contributed by atoms with E-state index in [9.17, 15) is 4.79 Å². The lowest BCUT2D eigenvalue weighted by atomic mass is 10.2. The molecule has 0 saturated carbocycles. The van der Waals surface area contributed by atoms with Crippen molar-refractivity contribution in [1.29, 1.82) is 0 Å². The van der Waals surface area contributed by atoms with Gasteiger partial charge in [-0.05, 0) is 25.1 Å². The topological polar surface area (TPSA) is 93.9 Å². The summed E-state index contributed by atoms with van der Waals surface area (Å²) in [5.41, 5.74) is 6.76. The molecule has 6 nitrogen and oxygen atoms in total. The van der Waals surface area contributed by atoms with Crippen LogP contribution >= 0.6 is 11.6 Å². The number of nitrogens with one attached hydrogen (secondary N) is 1. The summed E-state index contributed by atoms with van der Waals surface area (Å²) in [6.07, 6.45) is 0. The maximum Gasteiger partial charge on any atom is 0.375 e. The number of hydrogen-bond donors (Lipinski definition) is 2. The molecule has 1 heterocycles. The van der Waals surface area contributed by atoms with Crippen molar-refractivity contribution < 1.29 is 9.53 Å². The number of nitrogens with two attached hydrogens (primary N) is 1. The van der Waals surface area contributed by atoms with E-state index in [-0.39, 0.29) is 12.4 Å². The fraction of sp³-hybridized carbons (Fsp3) is 0.182. The number of hydrogen-bond acceptors (Lipinski definition) is 5. The summed E-state index contributed by atoms with van der Waals surface area (Å²) in [5.74, 6) is -0.225. The number of H-pyrrole nitrogens is 1. The predicted octanol–water partition coefficient (Wildman–Crippen LogP) is 1.88. The van der Waals surface area contributed by atoms with Crippen LogP contribution < -0.4 is 5.73 Å². The van der Waals surface area contributed by atoms with Crippen molar-refractivity contribution in [2.45, 2.75) is 6.92 Å². The van der Waals surface area contributed by atoms with Crippen LogP contribution in [0.15, 0.2) is 18.2 Å². The van der Waals surface area contributed by atoms with Gasteiger partial charge >= 0.3 is 5.97 Å². The van der Waals surface area contributed by atoms with Gasteiger partial charge in [-0.15, -0.1) is 0 Å². The maximum atomic E-state index is 11.4. The molecule has 7 heteroatoms. The number of benzene rings is 1. The van der Waals surface area contributed by atoms with E-state index in [4.69, 9.17) is 22.1 Å². The predicted molar refractivity (Wildman–Crippen MR) is 67.2 cm³/mol. The summed E-state index contributed by atoms with van der Waals surface area (Å²) in [6, 6.07) is 4.96. The molecule has 3 N–H and O–H groups in total. The van der Waals surface area contributed by atoms with E-state index in [2.05, 4.69) is 15.2 Å². The van der Waals surface area contributed by atoms with Gasteiger partial charge in [0, 0.05) is 11.3 Å². The van der Waals surface area contributed by atoms with Gasteiger partial charge < -0.3 is 10.5 Å². The Balaban J connectivity index is 2.35. The van der Waals surface area contributed by atoms with Crippen LogP contribution in [0.25, 0.3) is 11.4 Å². The Labute approximate surface area is 108 Å². The first-order valence-electron chi connectivity index (χ1n) is 5.26. The maximum absolute atomic E-state index is 11.4.